The molecule has 10 nitrogen and oxygen atoms in total. The maximum absolute atomic E-state index is 13.9. The first-order valence-electron chi connectivity index (χ1n) is 12.4. The fourth-order valence-corrected chi connectivity index (χ4v) is 6.25. The highest BCUT2D eigenvalue weighted by molar-refractivity contribution is 6.32. The molecule has 0 unspecified atom stereocenters. The zero-order chi connectivity index (χ0) is 27.4. The number of fused-ring (bicyclic) bond motifs is 4. The molecule has 200 valence electrons. The van der Waals surface area contributed by atoms with E-state index in [1.165, 1.54) is 12.0 Å². The normalized spacial score (nSPS) is 25.5. The molecule has 2 fully saturated rings. The molecule has 2 aromatic carbocycles. The number of benzene rings is 2. The number of carbonyl (C=O) groups excluding carboxylic acids is 4. The van der Waals surface area contributed by atoms with E-state index in [4.69, 9.17) is 26.8 Å². The van der Waals surface area contributed by atoms with Crippen molar-refractivity contribution in [2.45, 2.75) is 37.8 Å². The van der Waals surface area contributed by atoms with E-state index >= 15 is 0 Å². The summed E-state index contributed by atoms with van der Waals surface area (Å²) in [6.45, 7) is 1.92. The van der Waals surface area contributed by atoms with Crippen molar-refractivity contribution in [2.24, 2.45) is 17.6 Å². The smallest absolute Gasteiger partial charge is 0.250 e. The van der Waals surface area contributed by atoms with Crippen molar-refractivity contribution < 1.29 is 28.7 Å². The molecule has 3 aliphatic rings. The first-order chi connectivity index (χ1) is 18.1. The van der Waals surface area contributed by atoms with Gasteiger partial charge in [-0.15, -0.1) is 0 Å². The molecule has 0 radical (unpaired) electrons. The number of primary amides is 1. The molecular formula is C27H29ClN4O6. The molecule has 4 atom stereocenters. The van der Waals surface area contributed by atoms with Gasteiger partial charge in [-0.1, -0.05) is 23.7 Å². The number of nitrogens with one attached hydrogen (secondary N) is 2. The molecule has 3 heterocycles. The summed E-state index contributed by atoms with van der Waals surface area (Å²) in [7, 11) is 3.08. The summed E-state index contributed by atoms with van der Waals surface area (Å²) in [5.74, 6) is -2.41. The van der Waals surface area contributed by atoms with E-state index in [0.29, 0.717) is 39.8 Å². The molecule has 0 aromatic heterocycles. The number of likely N-dealkylation sites (tertiary alicyclic amines) is 1. The topological polar surface area (TPSA) is 140 Å². The van der Waals surface area contributed by atoms with Gasteiger partial charge in [-0.2, -0.15) is 0 Å². The minimum atomic E-state index is -1.46. The Morgan fingerprint density at radius 3 is 2.53 bits per heavy atom. The number of rotatable bonds is 8. The second-order valence-corrected chi connectivity index (χ2v) is 10.3. The second-order valence-electron chi connectivity index (χ2n) is 9.88. The minimum Gasteiger partial charge on any atom is -0.493 e. The molecular weight excluding hydrogens is 512 g/mol. The number of nitrogens with zero attached hydrogens (tertiary/aromatic N) is 1. The van der Waals surface area contributed by atoms with Crippen LogP contribution in [0.2, 0.25) is 5.02 Å². The fourth-order valence-electron chi connectivity index (χ4n) is 6.09. The van der Waals surface area contributed by atoms with Gasteiger partial charge in [0.2, 0.25) is 23.6 Å². The van der Waals surface area contributed by atoms with Crippen molar-refractivity contribution in [2.75, 3.05) is 26.1 Å². The van der Waals surface area contributed by atoms with Gasteiger partial charge in [0.15, 0.2) is 11.5 Å². The highest BCUT2D eigenvalue weighted by Gasteiger charge is 2.70. The lowest BCUT2D eigenvalue weighted by Gasteiger charge is -2.29. The molecule has 4 N–H and O–H groups in total. The summed E-state index contributed by atoms with van der Waals surface area (Å²) in [4.78, 5) is 54.1. The van der Waals surface area contributed by atoms with Crippen LogP contribution >= 0.6 is 11.6 Å². The van der Waals surface area contributed by atoms with Crippen LogP contribution in [0.1, 0.15) is 29.5 Å². The van der Waals surface area contributed by atoms with Crippen LogP contribution in [0.3, 0.4) is 0 Å². The van der Waals surface area contributed by atoms with Crippen LogP contribution in [0.25, 0.3) is 0 Å². The number of methoxy groups -OCH3 is 2. The Morgan fingerprint density at radius 2 is 1.84 bits per heavy atom. The summed E-state index contributed by atoms with van der Waals surface area (Å²) in [5.41, 5.74) is 6.58. The Balaban J connectivity index is 1.50. The van der Waals surface area contributed by atoms with Crippen molar-refractivity contribution >= 4 is 40.9 Å². The van der Waals surface area contributed by atoms with Gasteiger partial charge in [0.25, 0.3) is 0 Å². The van der Waals surface area contributed by atoms with Crippen LogP contribution in [0, 0.1) is 18.8 Å². The molecule has 2 aromatic rings. The molecule has 0 bridgehead atoms. The summed E-state index contributed by atoms with van der Waals surface area (Å²) in [6.07, 6.45) is 0.620. The van der Waals surface area contributed by atoms with Gasteiger partial charge in [-0.05, 0) is 49.1 Å². The molecule has 4 amide bonds. The van der Waals surface area contributed by atoms with Crippen molar-refractivity contribution in [3.63, 3.8) is 0 Å². The average molecular weight is 541 g/mol. The average Bonchev–Trinajstić information content (AvgIpc) is 3.48. The number of nitrogens with two attached hydrogens (primary N) is 1. The Bertz CT molecular complexity index is 1360. The maximum atomic E-state index is 13.9. The van der Waals surface area contributed by atoms with E-state index < -0.39 is 41.1 Å². The van der Waals surface area contributed by atoms with Crippen LogP contribution in [-0.4, -0.2) is 55.3 Å². The van der Waals surface area contributed by atoms with Crippen LogP contribution in [0.4, 0.5) is 5.69 Å². The largest absolute Gasteiger partial charge is 0.493 e. The Labute approximate surface area is 224 Å². The van der Waals surface area contributed by atoms with E-state index in [9.17, 15) is 19.2 Å². The number of hydrogen-bond acceptors (Lipinski definition) is 7. The SMILES string of the molecule is COc1ccc(CCN2C(=O)[C@@H]3[C@H](CCC(N)=O)N[C@]4(C(=O)Nc5c4ccc(Cl)c5C)[C@H]3C2=O)cc1OC. The summed E-state index contributed by atoms with van der Waals surface area (Å²) < 4.78 is 10.6. The minimum absolute atomic E-state index is 0.0121. The number of carbonyl (C=O) groups is 4. The molecule has 2 saturated heterocycles. The molecule has 0 saturated carbocycles. The second kappa shape index (κ2) is 9.59. The summed E-state index contributed by atoms with van der Waals surface area (Å²) in [5, 5.41) is 6.66. The molecule has 3 aliphatic heterocycles. The summed E-state index contributed by atoms with van der Waals surface area (Å²) in [6, 6.07) is 8.22. The maximum Gasteiger partial charge on any atom is 0.250 e. The van der Waals surface area contributed by atoms with Gasteiger partial charge in [0.05, 0.1) is 31.7 Å². The number of imide groups is 1. The predicted molar refractivity (Wildman–Crippen MR) is 139 cm³/mol. The fraction of sp³-hybridized carbons (Fsp3) is 0.407. The van der Waals surface area contributed by atoms with Gasteiger partial charge in [-0.3, -0.25) is 29.4 Å². The standard InChI is InChI=1S/C27H29ClN4O6/c1-13-16(28)6-5-15-23(13)30-26(36)27(15)22-21(17(31-27)7-9-20(29)33)24(34)32(25(22)35)11-10-14-4-8-18(37-2)19(12-14)38-3/h4-6,8,12,17,21-22,31H,7,9-11H2,1-3H3,(H2,29,33)(H,30,36)/t17-,21+,22+,27-/m0/s1. The van der Waals surface area contributed by atoms with Crippen LogP contribution in [0.15, 0.2) is 30.3 Å². The van der Waals surface area contributed by atoms with E-state index in [1.807, 2.05) is 6.07 Å². The monoisotopic (exact) mass is 540 g/mol. The zero-order valence-corrected chi connectivity index (χ0v) is 22.1. The van der Waals surface area contributed by atoms with E-state index in [-0.39, 0.29) is 25.3 Å². The highest BCUT2D eigenvalue weighted by Crippen LogP contribution is 2.54. The van der Waals surface area contributed by atoms with Gasteiger partial charge >= 0.3 is 0 Å². The molecule has 0 aliphatic carbocycles. The lowest BCUT2D eigenvalue weighted by Crippen LogP contribution is -2.53. The van der Waals surface area contributed by atoms with Crippen LogP contribution in [-0.2, 0) is 31.1 Å². The molecule has 5 rings (SSSR count). The molecule has 38 heavy (non-hydrogen) atoms. The lowest BCUT2D eigenvalue weighted by molar-refractivity contribution is -0.142. The van der Waals surface area contributed by atoms with Crippen LogP contribution in [0.5, 0.6) is 11.5 Å². The Hall–Kier alpha value is -3.63. The molecule has 11 heteroatoms. The Kier molecular flexibility index (Phi) is 6.56. The molecule has 1 spiro atoms. The zero-order valence-electron chi connectivity index (χ0n) is 21.3. The predicted octanol–water partition coefficient (Wildman–Crippen LogP) is 1.89. The van der Waals surface area contributed by atoms with Crippen molar-refractivity contribution in [1.29, 1.82) is 0 Å². The van der Waals surface area contributed by atoms with Gasteiger partial charge < -0.3 is 20.5 Å². The number of anilines is 1. The van der Waals surface area contributed by atoms with Gasteiger partial charge in [0.1, 0.15) is 5.54 Å². The first-order valence-corrected chi connectivity index (χ1v) is 12.7. The summed E-state index contributed by atoms with van der Waals surface area (Å²) >= 11 is 6.31. The lowest BCUT2D eigenvalue weighted by atomic mass is 9.76. The number of amides is 4. The highest BCUT2D eigenvalue weighted by atomic mass is 35.5. The number of ether oxygens (including phenoxy) is 2. The quantitative estimate of drug-likeness (QED) is 0.434. The third kappa shape index (κ3) is 3.82. The Morgan fingerprint density at radius 1 is 1.11 bits per heavy atom. The number of halogens is 1. The first kappa shape index (κ1) is 26.0. The third-order valence-electron chi connectivity index (χ3n) is 7.95. The van der Waals surface area contributed by atoms with Gasteiger partial charge in [0, 0.05) is 29.6 Å². The van der Waals surface area contributed by atoms with E-state index in [0.717, 1.165) is 5.56 Å². The van der Waals surface area contributed by atoms with Crippen molar-refractivity contribution in [3.8, 4) is 11.5 Å². The third-order valence-corrected chi connectivity index (χ3v) is 8.36. The number of hydrogen-bond donors (Lipinski definition) is 3. The van der Waals surface area contributed by atoms with Crippen LogP contribution < -0.4 is 25.8 Å². The van der Waals surface area contributed by atoms with E-state index in [1.54, 1.807) is 38.3 Å². The van der Waals surface area contributed by atoms with Crippen molar-refractivity contribution in [1.82, 2.24) is 10.2 Å². The van der Waals surface area contributed by atoms with Crippen molar-refractivity contribution in [3.05, 3.63) is 52.0 Å². The van der Waals surface area contributed by atoms with E-state index in [2.05, 4.69) is 10.6 Å². The van der Waals surface area contributed by atoms with Gasteiger partial charge in [-0.25, -0.2) is 0 Å².